The molecule has 1 N–H and O–H groups in total. The zero-order valence-corrected chi connectivity index (χ0v) is 13.8. The molecule has 3 rings (SSSR count). The molecule has 0 saturated heterocycles. The van der Waals surface area contributed by atoms with Crippen LogP contribution in [0.2, 0.25) is 5.02 Å². The fraction of sp³-hybridized carbons (Fsp3) is 0.111. The Labute approximate surface area is 144 Å². The van der Waals surface area contributed by atoms with Gasteiger partial charge >= 0.3 is 0 Å². The van der Waals surface area contributed by atoms with Crippen molar-refractivity contribution in [2.24, 2.45) is 0 Å². The number of halogens is 1. The van der Waals surface area contributed by atoms with Crippen LogP contribution in [-0.2, 0) is 4.79 Å². The van der Waals surface area contributed by atoms with Crippen molar-refractivity contribution in [1.82, 2.24) is 9.55 Å². The second kappa shape index (κ2) is 7.19. The topological polar surface area (TPSA) is 56.1 Å². The number of anilines is 1. The van der Waals surface area contributed by atoms with Gasteiger partial charge in [-0.25, -0.2) is 4.98 Å². The van der Waals surface area contributed by atoms with Crippen LogP contribution in [-0.4, -0.2) is 21.6 Å². The van der Waals surface area contributed by atoms with E-state index in [0.717, 1.165) is 5.69 Å². The number of hydrogen-bond acceptors (Lipinski definition) is 3. The number of nitrogens with one attached hydrogen (secondary N) is 1. The zero-order chi connectivity index (χ0) is 16.9. The summed E-state index contributed by atoms with van der Waals surface area (Å²) in [4.78, 5) is 16.3. The summed E-state index contributed by atoms with van der Waals surface area (Å²) in [6, 6.07) is 14.5. The molecule has 1 atom stereocenters. The van der Waals surface area contributed by atoms with Crippen LogP contribution in [0, 0.1) is 0 Å². The van der Waals surface area contributed by atoms with Crippen molar-refractivity contribution in [3.8, 4) is 11.4 Å². The lowest BCUT2D eigenvalue weighted by Crippen LogP contribution is -2.30. The number of imidazole rings is 1. The molecular formula is C18H16ClN3O2. The molecule has 0 saturated carbocycles. The van der Waals surface area contributed by atoms with E-state index in [-0.39, 0.29) is 5.91 Å². The van der Waals surface area contributed by atoms with Gasteiger partial charge in [0.1, 0.15) is 5.75 Å². The van der Waals surface area contributed by atoms with Crippen molar-refractivity contribution in [1.29, 1.82) is 0 Å². The predicted octanol–water partition coefficient (Wildman–Crippen LogP) is 3.93. The second-order valence-corrected chi connectivity index (χ2v) is 5.60. The number of nitrogens with zero attached hydrogens (tertiary/aromatic N) is 2. The van der Waals surface area contributed by atoms with E-state index in [9.17, 15) is 4.79 Å². The van der Waals surface area contributed by atoms with Gasteiger partial charge in [0, 0.05) is 23.8 Å². The number of benzene rings is 2. The maximum atomic E-state index is 12.2. The van der Waals surface area contributed by atoms with Gasteiger partial charge in [-0.1, -0.05) is 23.7 Å². The summed E-state index contributed by atoms with van der Waals surface area (Å²) < 4.78 is 7.49. The van der Waals surface area contributed by atoms with E-state index in [1.165, 1.54) is 0 Å². The molecule has 6 heteroatoms. The molecule has 0 aliphatic rings. The molecule has 0 aliphatic heterocycles. The van der Waals surface area contributed by atoms with E-state index in [1.54, 1.807) is 37.6 Å². The monoisotopic (exact) mass is 341 g/mol. The van der Waals surface area contributed by atoms with Gasteiger partial charge in [0.05, 0.1) is 11.3 Å². The highest BCUT2D eigenvalue weighted by molar-refractivity contribution is 6.32. The molecule has 1 heterocycles. The first-order valence-corrected chi connectivity index (χ1v) is 7.82. The summed E-state index contributed by atoms with van der Waals surface area (Å²) in [7, 11) is 0. The van der Waals surface area contributed by atoms with Crippen molar-refractivity contribution in [2.45, 2.75) is 13.0 Å². The van der Waals surface area contributed by atoms with Crippen molar-refractivity contribution in [2.75, 3.05) is 5.32 Å². The Balaban J connectivity index is 1.63. The first-order chi connectivity index (χ1) is 11.6. The summed E-state index contributed by atoms with van der Waals surface area (Å²) in [5.41, 5.74) is 1.66. The minimum absolute atomic E-state index is 0.245. The van der Waals surface area contributed by atoms with E-state index >= 15 is 0 Å². The highest BCUT2D eigenvalue weighted by atomic mass is 35.5. The van der Waals surface area contributed by atoms with Gasteiger partial charge in [-0.15, -0.1) is 0 Å². The number of hydrogen-bond donors (Lipinski definition) is 1. The Morgan fingerprint density at radius 3 is 2.62 bits per heavy atom. The quantitative estimate of drug-likeness (QED) is 0.765. The summed E-state index contributed by atoms with van der Waals surface area (Å²) >= 11 is 6.04. The van der Waals surface area contributed by atoms with Crippen LogP contribution in [0.15, 0.2) is 67.3 Å². The van der Waals surface area contributed by atoms with Gasteiger partial charge in [-0.05, 0) is 43.3 Å². The Kier molecular flexibility index (Phi) is 4.82. The molecule has 122 valence electrons. The minimum Gasteiger partial charge on any atom is -0.479 e. The molecule has 1 amide bonds. The maximum Gasteiger partial charge on any atom is 0.265 e. The first-order valence-electron chi connectivity index (χ1n) is 7.44. The summed E-state index contributed by atoms with van der Waals surface area (Å²) in [6.45, 7) is 1.68. The van der Waals surface area contributed by atoms with Crippen molar-refractivity contribution in [3.63, 3.8) is 0 Å². The Bertz CT molecular complexity index is 817. The summed E-state index contributed by atoms with van der Waals surface area (Å²) in [5.74, 6) is 0.238. The van der Waals surface area contributed by atoms with Gasteiger partial charge in [-0.2, -0.15) is 0 Å². The fourth-order valence-electron chi connectivity index (χ4n) is 2.16. The first kappa shape index (κ1) is 16.1. The van der Waals surface area contributed by atoms with Crippen LogP contribution in [0.5, 0.6) is 5.75 Å². The number of carbonyl (C=O) groups excluding carboxylic acids is 1. The molecule has 0 bridgehead atoms. The largest absolute Gasteiger partial charge is 0.479 e. The Morgan fingerprint density at radius 2 is 1.96 bits per heavy atom. The smallest absolute Gasteiger partial charge is 0.265 e. The third kappa shape index (κ3) is 3.75. The third-order valence-electron chi connectivity index (χ3n) is 3.45. The van der Waals surface area contributed by atoms with Crippen LogP contribution in [0.25, 0.3) is 5.69 Å². The van der Waals surface area contributed by atoms with E-state index in [4.69, 9.17) is 16.3 Å². The van der Waals surface area contributed by atoms with Gasteiger partial charge in [-0.3, -0.25) is 4.79 Å². The Morgan fingerprint density at radius 1 is 1.21 bits per heavy atom. The van der Waals surface area contributed by atoms with Crippen LogP contribution >= 0.6 is 11.6 Å². The van der Waals surface area contributed by atoms with Gasteiger partial charge < -0.3 is 14.6 Å². The molecule has 0 fully saturated rings. The average molecular weight is 342 g/mol. The lowest BCUT2D eigenvalue weighted by molar-refractivity contribution is -0.122. The lowest BCUT2D eigenvalue weighted by Gasteiger charge is -2.15. The molecule has 5 nitrogen and oxygen atoms in total. The number of para-hydroxylation sites is 1. The van der Waals surface area contributed by atoms with Crippen molar-refractivity contribution < 1.29 is 9.53 Å². The Hall–Kier alpha value is -2.79. The van der Waals surface area contributed by atoms with Crippen LogP contribution in [0.3, 0.4) is 0 Å². The van der Waals surface area contributed by atoms with Crippen molar-refractivity contribution >= 4 is 23.2 Å². The molecule has 1 aromatic heterocycles. The van der Waals surface area contributed by atoms with Gasteiger partial charge in [0.25, 0.3) is 5.91 Å². The average Bonchev–Trinajstić information content (AvgIpc) is 3.12. The number of aromatic nitrogens is 2. The maximum absolute atomic E-state index is 12.2. The SMILES string of the molecule is CC(Oc1ccccc1Cl)C(=O)Nc1ccc(-n2ccnc2)cc1. The number of ether oxygens (including phenoxy) is 1. The third-order valence-corrected chi connectivity index (χ3v) is 3.76. The van der Waals surface area contributed by atoms with E-state index in [1.807, 2.05) is 41.1 Å². The van der Waals surface area contributed by atoms with Crippen LogP contribution in [0.1, 0.15) is 6.92 Å². The molecule has 0 aliphatic carbocycles. The molecule has 24 heavy (non-hydrogen) atoms. The highest BCUT2D eigenvalue weighted by Gasteiger charge is 2.16. The van der Waals surface area contributed by atoms with Crippen LogP contribution < -0.4 is 10.1 Å². The zero-order valence-electron chi connectivity index (χ0n) is 13.0. The van der Waals surface area contributed by atoms with E-state index < -0.39 is 6.10 Å². The standard InChI is InChI=1S/C18H16ClN3O2/c1-13(24-17-5-3-2-4-16(17)19)18(23)21-14-6-8-15(9-7-14)22-11-10-20-12-22/h2-13H,1H3,(H,21,23). The molecule has 3 aromatic rings. The molecule has 0 spiro atoms. The predicted molar refractivity (Wildman–Crippen MR) is 93.7 cm³/mol. The normalized spacial score (nSPS) is 11.8. The van der Waals surface area contributed by atoms with E-state index in [2.05, 4.69) is 10.3 Å². The van der Waals surface area contributed by atoms with Gasteiger partial charge in [0.2, 0.25) is 0 Å². The van der Waals surface area contributed by atoms with E-state index in [0.29, 0.717) is 16.5 Å². The second-order valence-electron chi connectivity index (χ2n) is 5.20. The highest BCUT2D eigenvalue weighted by Crippen LogP contribution is 2.24. The fourth-order valence-corrected chi connectivity index (χ4v) is 2.34. The number of carbonyl (C=O) groups is 1. The van der Waals surface area contributed by atoms with Crippen molar-refractivity contribution in [3.05, 3.63) is 72.3 Å². The van der Waals surface area contributed by atoms with Gasteiger partial charge in [0.15, 0.2) is 6.10 Å². The summed E-state index contributed by atoms with van der Waals surface area (Å²) in [6.07, 6.45) is 4.61. The lowest BCUT2D eigenvalue weighted by atomic mass is 10.2. The number of amides is 1. The van der Waals surface area contributed by atoms with Crippen LogP contribution in [0.4, 0.5) is 5.69 Å². The molecular weight excluding hydrogens is 326 g/mol. The molecule has 1 unspecified atom stereocenters. The number of rotatable bonds is 5. The molecule has 0 radical (unpaired) electrons. The summed E-state index contributed by atoms with van der Waals surface area (Å²) in [5, 5.41) is 3.30. The molecule has 2 aromatic carbocycles. The minimum atomic E-state index is -0.668.